The maximum atomic E-state index is 12.7. The van der Waals surface area contributed by atoms with Crippen LogP contribution in [-0.4, -0.2) is 21.8 Å². The second kappa shape index (κ2) is 9.15. The standard InChI is InChI=1S/C24H21N3O4S/c1-3-16-8-4-7-11-21(16)27(15(2)28)24-25-17(14-32-24)13-31-23(30)19-12-22(29)26-20-10-6-5-9-18(19)20/h4-12,14H,3,13H2,1-2H3,(H,26,29). The summed E-state index contributed by atoms with van der Waals surface area (Å²) >= 11 is 1.30. The molecule has 0 radical (unpaired) electrons. The van der Waals surface area contributed by atoms with Crippen molar-refractivity contribution in [1.82, 2.24) is 9.97 Å². The Labute approximate surface area is 188 Å². The van der Waals surface area contributed by atoms with Gasteiger partial charge in [0.25, 0.3) is 0 Å². The molecule has 162 valence electrons. The quantitative estimate of drug-likeness (QED) is 0.437. The summed E-state index contributed by atoms with van der Waals surface area (Å²) in [6.45, 7) is 3.45. The zero-order valence-electron chi connectivity index (χ0n) is 17.6. The van der Waals surface area contributed by atoms with Crippen molar-refractivity contribution in [2.24, 2.45) is 0 Å². The first-order valence-electron chi connectivity index (χ1n) is 10.1. The smallest absolute Gasteiger partial charge is 0.339 e. The first-order chi connectivity index (χ1) is 15.5. The molecular weight excluding hydrogens is 426 g/mol. The number of thiazole rings is 1. The molecule has 7 nitrogen and oxygen atoms in total. The van der Waals surface area contributed by atoms with Crippen LogP contribution in [0, 0.1) is 0 Å². The molecule has 0 spiro atoms. The van der Waals surface area contributed by atoms with E-state index in [1.807, 2.05) is 31.2 Å². The predicted octanol–water partition coefficient (Wildman–Crippen LogP) is 4.59. The van der Waals surface area contributed by atoms with E-state index in [-0.39, 0.29) is 23.6 Å². The largest absolute Gasteiger partial charge is 0.456 e. The average molecular weight is 448 g/mol. The van der Waals surface area contributed by atoms with Crippen molar-refractivity contribution in [3.63, 3.8) is 0 Å². The lowest BCUT2D eigenvalue weighted by molar-refractivity contribution is -0.115. The van der Waals surface area contributed by atoms with Crippen LogP contribution in [0.3, 0.4) is 0 Å². The fraction of sp³-hybridized carbons (Fsp3) is 0.167. The molecule has 4 aromatic rings. The molecular formula is C24H21N3O4S. The van der Waals surface area contributed by atoms with Crippen molar-refractivity contribution in [2.75, 3.05) is 4.90 Å². The number of amides is 1. The van der Waals surface area contributed by atoms with E-state index in [1.54, 1.807) is 34.5 Å². The van der Waals surface area contributed by atoms with Gasteiger partial charge in [-0.15, -0.1) is 11.3 Å². The highest BCUT2D eigenvalue weighted by molar-refractivity contribution is 7.14. The molecule has 0 saturated heterocycles. The normalized spacial score (nSPS) is 10.8. The molecule has 0 aliphatic rings. The van der Waals surface area contributed by atoms with E-state index in [0.717, 1.165) is 17.7 Å². The highest BCUT2D eigenvalue weighted by Gasteiger charge is 2.21. The van der Waals surface area contributed by atoms with Gasteiger partial charge in [-0.3, -0.25) is 14.5 Å². The number of rotatable bonds is 6. The van der Waals surface area contributed by atoms with Gasteiger partial charge in [-0.2, -0.15) is 0 Å². The van der Waals surface area contributed by atoms with Crippen molar-refractivity contribution < 1.29 is 14.3 Å². The van der Waals surface area contributed by atoms with Crippen LogP contribution in [0.5, 0.6) is 0 Å². The maximum Gasteiger partial charge on any atom is 0.339 e. The van der Waals surface area contributed by atoms with Crippen LogP contribution in [0.1, 0.15) is 35.5 Å². The van der Waals surface area contributed by atoms with Crippen molar-refractivity contribution in [3.8, 4) is 0 Å². The number of para-hydroxylation sites is 2. The van der Waals surface area contributed by atoms with Gasteiger partial charge in [-0.1, -0.05) is 43.3 Å². The number of nitrogens with one attached hydrogen (secondary N) is 1. The lowest BCUT2D eigenvalue weighted by atomic mass is 10.1. The number of carbonyl (C=O) groups excluding carboxylic acids is 2. The Morgan fingerprint density at radius 3 is 2.66 bits per heavy atom. The average Bonchev–Trinajstić information content (AvgIpc) is 3.25. The zero-order valence-corrected chi connectivity index (χ0v) is 18.4. The van der Waals surface area contributed by atoms with Gasteiger partial charge in [-0.05, 0) is 24.1 Å². The maximum absolute atomic E-state index is 12.7. The summed E-state index contributed by atoms with van der Waals surface area (Å²) in [7, 11) is 0. The van der Waals surface area contributed by atoms with Crippen LogP contribution in [-0.2, 0) is 22.6 Å². The number of aromatic amines is 1. The minimum atomic E-state index is -0.610. The summed E-state index contributed by atoms with van der Waals surface area (Å²) < 4.78 is 5.43. The summed E-state index contributed by atoms with van der Waals surface area (Å²) in [5.41, 5.74) is 2.73. The number of anilines is 2. The molecule has 2 heterocycles. The molecule has 4 rings (SSSR count). The lowest BCUT2D eigenvalue weighted by Crippen LogP contribution is -2.23. The molecule has 0 atom stereocenters. The molecule has 0 saturated carbocycles. The van der Waals surface area contributed by atoms with E-state index < -0.39 is 5.97 Å². The number of H-pyrrole nitrogens is 1. The monoisotopic (exact) mass is 447 g/mol. The summed E-state index contributed by atoms with van der Waals surface area (Å²) in [5, 5.41) is 2.87. The van der Waals surface area contributed by atoms with Crippen molar-refractivity contribution >= 4 is 44.9 Å². The number of nitrogens with zero attached hydrogens (tertiary/aromatic N) is 2. The Kier molecular flexibility index (Phi) is 6.13. The fourth-order valence-electron chi connectivity index (χ4n) is 3.49. The van der Waals surface area contributed by atoms with E-state index >= 15 is 0 Å². The predicted molar refractivity (Wildman–Crippen MR) is 124 cm³/mol. The molecule has 2 aromatic carbocycles. The van der Waals surface area contributed by atoms with Gasteiger partial charge in [0, 0.05) is 29.3 Å². The highest BCUT2D eigenvalue weighted by Crippen LogP contribution is 2.32. The Bertz CT molecular complexity index is 1360. The SMILES string of the molecule is CCc1ccccc1N(C(C)=O)c1nc(COC(=O)c2cc(=O)[nH]c3ccccc23)cs1. The molecule has 0 unspecified atom stereocenters. The van der Waals surface area contributed by atoms with Gasteiger partial charge in [0.15, 0.2) is 5.13 Å². The number of hydrogen-bond acceptors (Lipinski definition) is 6. The number of fused-ring (bicyclic) bond motifs is 1. The molecule has 0 aliphatic heterocycles. The fourth-order valence-corrected chi connectivity index (χ4v) is 4.36. The summed E-state index contributed by atoms with van der Waals surface area (Å²) in [6, 6.07) is 16.0. The van der Waals surface area contributed by atoms with Gasteiger partial charge in [0.1, 0.15) is 6.61 Å². The van der Waals surface area contributed by atoms with Crippen LogP contribution in [0.4, 0.5) is 10.8 Å². The van der Waals surface area contributed by atoms with Gasteiger partial charge < -0.3 is 9.72 Å². The highest BCUT2D eigenvalue weighted by atomic mass is 32.1. The number of aryl methyl sites for hydroxylation is 1. The van der Waals surface area contributed by atoms with Crippen molar-refractivity contribution in [2.45, 2.75) is 26.9 Å². The van der Waals surface area contributed by atoms with Crippen molar-refractivity contribution in [1.29, 1.82) is 0 Å². The lowest BCUT2D eigenvalue weighted by Gasteiger charge is -2.20. The molecule has 0 bridgehead atoms. The van der Waals surface area contributed by atoms with Gasteiger partial charge >= 0.3 is 5.97 Å². The number of ether oxygens (including phenoxy) is 1. The van der Waals surface area contributed by atoms with Gasteiger partial charge in [0.05, 0.1) is 16.9 Å². The van der Waals surface area contributed by atoms with Crippen molar-refractivity contribution in [3.05, 3.63) is 87.2 Å². The Morgan fingerprint density at radius 1 is 1.12 bits per heavy atom. The zero-order chi connectivity index (χ0) is 22.7. The summed E-state index contributed by atoms with van der Waals surface area (Å²) in [6.07, 6.45) is 0.778. The topological polar surface area (TPSA) is 92.4 Å². The van der Waals surface area contributed by atoms with Crippen LogP contribution in [0.25, 0.3) is 10.9 Å². The first kappa shape index (κ1) is 21.5. The molecule has 2 aromatic heterocycles. The summed E-state index contributed by atoms with van der Waals surface area (Å²) in [4.78, 5) is 45.8. The van der Waals surface area contributed by atoms with E-state index in [0.29, 0.717) is 21.7 Å². The minimum Gasteiger partial charge on any atom is -0.456 e. The third-order valence-electron chi connectivity index (χ3n) is 4.98. The third kappa shape index (κ3) is 4.31. The van der Waals surface area contributed by atoms with E-state index in [2.05, 4.69) is 9.97 Å². The number of hydrogen-bond donors (Lipinski definition) is 1. The number of carbonyl (C=O) groups is 2. The van der Waals surface area contributed by atoms with Crippen LogP contribution >= 0.6 is 11.3 Å². The Balaban J connectivity index is 1.55. The molecule has 1 amide bonds. The minimum absolute atomic E-state index is 0.0718. The second-order valence-electron chi connectivity index (χ2n) is 7.13. The van der Waals surface area contributed by atoms with Crippen LogP contribution in [0.2, 0.25) is 0 Å². The third-order valence-corrected chi connectivity index (χ3v) is 5.86. The van der Waals surface area contributed by atoms with E-state index in [4.69, 9.17) is 4.74 Å². The number of pyridine rings is 1. The van der Waals surface area contributed by atoms with E-state index in [1.165, 1.54) is 24.3 Å². The van der Waals surface area contributed by atoms with Gasteiger partial charge in [-0.25, -0.2) is 9.78 Å². The summed E-state index contributed by atoms with van der Waals surface area (Å²) in [5.74, 6) is -0.764. The van der Waals surface area contributed by atoms with Crippen LogP contribution in [0.15, 0.2) is 64.8 Å². The van der Waals surface area contributed by atoms with Crippen LogP contribution < -0.4 is 10.5 Å². The number of esters is 1. The second-order valence-corrected chi connectivity index (χ2v) is 7.96. The molecule has 8 heteroatoms. The first-order valence-corrected chi connectivity index (χ1v) is 11.0. The van der Waals surface area contributed by atoms with E-state index in [9.17, 15) is 14.4 Å². The molecule has 0 fully saturated rings. The Hall–Kier alpha value is -3.78. The number of aromatic nitrogens is 2. The Morgan fingerprint density at radius 2 is 1.88 bits per heavy atom. The molecule has 1 N–H and O–H groups in total. The molecule has 32 heavy (non-hydrogen) atoms. The molecule has 0 aliphatic carbocycles. The van der Waals surface area contributed by atoms with Gasteiger partial charge in [0.2, 0.25) is 11.5 Å². The number of benzene rings is 2.